The lowest BCUT2D eigenvalue weighted by Gasteiger charge is -2.57. The standard InChI is InChI=1S/C20H22FNO2.ClH/c21-14-5-4-13-15-9-12-3-6-16(23)18-17(12)20(13,19(14)24-18)7-8-22(15)10-11-1-2-11;/h3,5-6,11,13,15,19,23H,1-2,4,7-10H2;1H/t13-,15+,19?,20-;/m0./s1. The van der Waals surface area contributed by atoms with Crippen molar-refractivity contribution >= 4 is 12.4 Å². The molecule has 1 spiro atoms. The Balaban J connectivity index is 0.00000140. The van der Waals surface area contributed by atoms with Crippen molar-refractivity contribution in [2.45, 2.75) is 49.7 Å². The lowest BCUT2D eigenvalue weighted by atomic mass is 9.53. The van der Waals surface area contributed by atoms with Gasteiger partial charge in [0, 0.05) is 23.6 Å². The van der Waals surface area contributed by atoms with Gasteiger partial charge in [0.05, 0.1) is 0 Å². The summed E-state index contributed by atoms with van der Waals surface area (Å²) in [5, 5.41) is 10.3. The molecule has 25 heavy (non-hydrogen) atoms. The second kappa shape index (κ2) is 5.14. The number of hydrogen-bond acceptors (Lipinski definition) is 3. The topological polar surface area (TPSA) is 32.7 Å². The molecule has 1 N–H and O–H groups in total. The molecule has 0 amide bonds. The number of likely N-dealkylation sites (tertiary alicyclic amines) is 1. The van der Waals surface area contributed by atoms with Crippen molar-refractivity contribution in [2.24, 2.45) is 11.8 Å². The van der Waals surface area contributed by atoms with E-state index in [4.69, 9.17) is 4.74 Å². The highest BCUT2D eigenvalue weighted by atomic mass is 35.5. The second-order valence-electron chi connectivity index (χ2n) is 8.38. The molecule has 134 valence electrons. The molecule has 4 atom stereocenters. The average molecular weight is 364 g/mol. The molecule has 1 unspecified atom stereocenters. The van der Waals surface area contributed by atoms with Gasteiger partial charge in [0.15, 0.2) is 17.6 Å². The van der Waals surface area contributed by atoms with E-state index in [1.165, 1.54) is 24.9 Å². The summed E-state index contributed by atoms with van der Waals surface area (Å²) in [6.45, 7) is 2.23. The SMILES string of the molecule is Cl.Oc1ccc2c3c1OC1C(F)=CC[C@H]4[C@@H](C2)N(CC2CC2)CC[C@]314. The van der Waals surface area contributed by atoms with Crippen LogP contribution in [-0.2, 0) is 11.8 Å². The number of phenolic OH excluding ortho intramolecular Hbond substituents is 1. The summed E-state index contributed by atoms with van der Waals surface area (Å²) in [7, 11) is 0. The summed E-state index contributed by atoms with van der Waals surface area (Å²) < 4.78 is 20.7. The number of ether oxygens (including phenoxy) is 1. The first-order valence-corrected chi connectivity index (χ1v) is 9.30. The summed E-state index contributed by atoms with van der Waals surface area (Å²) in [4.78, 5) is 2.68. The first-order chi connectivity index (χ1) is 11.7. The zero-order valence-electron chi connectivity index (χ0n) is 14.1. The Kier molecular flexibility index (Phi) is 3.28. The van der Waals surface area contributed by atoms with Gasteiger partial charge in [-0.05, 0) is 68.2 Å². The number of hydrogen-bond donors (Lipinski definition) is 1. The van der Waals surface area contributed by atoms with Crippen LogP contribution in [0.1, 0.15) is 36.8 Å². The van der Waals surface area contributed by atoms with Gasteiger partial charge in [-0.2, -0.15) is 0 Å². The van der Waals surface area contributed by atoms with Gasteiger partial charge in [0.1, 0.15) is 5.83 Å². The van der Waals surface area contributed by atoms with E-state index >= 15 is 0 Å². The minimum Gasteiger partial charge on any atom is -0.504 e. The third-order valence-electron chi connectivity index (χ3n) is 7.24. The summed E-state index contributed by atoms with van der Waals surface area (Å²) in [6.07, 6.45) is 6.70. The van der Waals surface area contributed by atoms with Gasteiger partial charge in [0.25, 0.3) is 0 Å². The van der Waals surface area contributed by atoms with Crippen molar-refractivity contribution in [1.82, 2.24) is 4.90 Å². The normalized spacial score (nSPS) is 37.6. The zero-order chi connectivity index (χ0) is 16.1. The van der Waals surface area contributed by atoms with Gasteiger partial charge in [0.2, 0.25) is 0 Å². The van der Waals surface area contributed by atoms with E-state index in [2.05, 4.69) is 4.90 Å². The van der Waals surface area contributed by atoms with Gasteiger partial charge in [-0.25, -0.2) is 4.39 Å². The fraction of sp³-hybridized carbons (Fsp3) is 0.600. The summed E-state index contributed by atoms with van der Waals surface area (Å²) in [5.74, 6) is 1.88. The van der Waals surface area contributed by atoms with E-state index in [1.54, 1.807) is 12.1 Å². The quantitative estimate of drug-likeness (QED) is 0.869. The molecule has 3 aliphatic carbocycles. The Labute approximate surface area is 153 Å². The largest absolute Gasteiger partial charge is 0.504 e. The smallest absolute Gasteiger partial charge is 0.166 e. The van der Waals surface area contributed by atoms with Crippen LogP contribution in [0.5, 0.6) is 11.5 Å². The van der Waals surface area contributed by atoms with E-state index in [0.717, 1.165) is 37.3 Å². The van der Waals surface area contributed by atoms with Crippen LogP contribution >= 0.6 is 12.4 Å². The number of aromatic hydroxyl groups is 1. The van der Waals surface area contributed by atoms with Crippen molar-refractivity contribution in [2.75, 3.05) is 13.1 Å². The molecule has 0 aromatic heterocycles. The number of nitrogens with zero attached hydrogens (tertiary/aromatic N) is 1. The van der Waals surface area contributed by atoms with Crippen molar-refractivity contribution in [1.29, 1.82) is 0 Å². The zero-order valence-corrected chi connectivity index (χ0v) is 14.9. The monoisotopic (exact) mass is 363 g/mol. The summed E-state index contributed by atoms with van der Waals surface area (Å²) in [6, 6.07) is 4.25. The minimum atomic E-state index is -0.524. The van der Waals surface area contributed by atoms with Crippen LogP contribution in [0, 0.1) is 11.8 Å². The van der Waals surface area contributed by atoms with E-state index < -0.39 is 6.10 Å². The number of benzene rings is 1. The Morgan fingerprint density at radius 1 is 1.32 bits per heavy atom. The lowest BCUT2D eigenvalue weighted by molar-refractivity contribution is -0.0284. The van der Waals surface area contributed by atoms with E-state index in [0.29, 0.717) is 17.7 Å². The Morgan fingerprint density at radius 2 is 2.16 bits per heavy atom. The van der Waals surface area contributed by atoms with Crippen LogP contribution in [0.2, 0.25) is 0 Å². The third-order valence-corrected chi connectivity index (χ3v) is 7.24. The van der Waals surface area contributed by atoms with Crippen molar-refractivity contribution < 1.29 is 14.2 Å². The molecule has 2 aliphatic heterocycles. The molecule has 2 fully saturated rings. The van der Waals surface area contributed by atoms with E-state index in [1.807, 2.05) is 6.07 Å². The number of phenols is 1. The molecule has 1 saturated heterocycles. The minimum absolute atomic E-state index is 0. The number of piperidine rings is 1. The maximum atomic E-state index is 14.7. The highest BCUT2D eigenvalue weighted by Gasteiger charge is 2.64. The molecule has 6 rings (SSSR count). The lowest BCUT2D eigenvalue weighted by Crippen LogP contribution is -2.64. The molecule has 1 aromatic carbocycles. The third kappa shape index (κ3) is 1.90. The van der Waals surface area contributed by atoms with Crippen LogP contribution in [-0.4, -0.2) is 35.2 Å². The maximum absolute atomic E-state index is 14.7. The predicted molar refractivity (Wildman–Crippen MR) is 95.2 cm³/mol. The second-order valence-corrected chi connectivity index (χ2v) is 8.38. The summed E-state index contributed by atoms with van der Waals surface area (Å²) >= 11 is 0. The van der Waals surface area contributed by atoms with Crippen LogP contribution in [0.25, 0.3) is 0 Å². The van der Waals surface area contributed by atoms with Gasteiger partial charge >= 0.3 is 0 Å². The Bertz CT molecular complexity index is 777. The highest BCUT2D eigenvalue weighted by molar-refractivity contribution is 5.85. The van der Waals surface area contributed by atoms with Crippen molar-refractivity contribution in [3.05, 3.63) is 35.2 Å². The molecule has 1 saturated carbocycles. The average Bonchev–Trinajstić information content (AvgIpc) is 3.32. The first kappa shape index (κ1) is 16.0. The van der Waals surface area contributed by atoms with Crippen LogP contribution in [0.15, 0.2) is 24.0 Å². The maximum Gasteiger partial charge on any atom is 0.166 e. The molecule has 5 heteroatoms. The molecule has 1 aromatic rings. The van der Waals surface area contributed by atoms with Gasteiger partial charge in [-0.3, -0.25) is 4.90 Å². The molecular weight excluding hydrogens is 341 g/mol. The van der Waals surface area contributed by atoms with E-state index in [9.17, 15) is 9.50 Å². The Hall–Kier alpha value is -1.26. The van der Waals surface area contributed by atoms with Crippen molar-refractivity contribution in [3.63, 3.8) is 0 Å². The number of rotatable bonds is 2. The fourth-order valence-corrected chi connectivity index (χ4v) is 6.05. The fourth-order valence-electron chi connectivity index (χ4n) is 6.05. The molecule has 3 nitrogen and oxygen atoms in total. The first-order valence-electron chi connectivity index (χ1n) is 9.30. The molecule has 5 aliphatic rings. The van der Waals surface area contributed by atoms with Crippen LogP contribution in [0.4, 0.5) is 4.39 Å². The molecule has 2 heterocycles. The van der Waals surface area contributed by atoms with Crippen molar-refractivity contribution in [3.8, 4) is 11.5 Å². The van der Waals surface area contributed by atoms with Crippen LogP contribution < -0.4 is 4.74 Å². The highest BCUT2D eigenvalue weighted by Crippen LogP contribution is 2.64. The molecule has 2 bridgehead atoms. The number of halogens is 2. The molecule has 0 radical (unpaired) electrons. The number of allylic oxidation sites excluding steroid dienone is 1. The predicted octanol–water partition coefficient (Wildman–Crippen LogP) is 3.73. The van der Waals surface area contributed by atoms with Gasteiger partial charge < -0.3 is 9.84 Å². The molecular formula is C20H23ClFNO2. The van der Waals surface area contributed by atoms with Crippen LogP contribution in [0.3, 0.4) is 0 Å². The Morgan fingerprint density at radius 3 is 2.96 bits per heavy atom. The summed E-state index contributed by atoms with van der Waals surface area (Å²) in [5.41, 5.74) is 2.13. The van der Waals surface area contributed by atoms with Gasteiger partial charge in [-0.1, -0.05) is 6.07 Å². The van der Waals surface area contributed by atoms with E-state index in [-0.39, 0.29) is 29.4 Å². The van der Waals surface area contributed by atoms with Gasteiger partial charge in [-0.15, -0.1) is 12.4 Å².